The van der Waals surface area contributed by atoms with Gasteiger partial charge >= 0.3 is 0 Å². The average Bonchev–Trinajstić information content (AvgIpc) is 2.63. The number of amides is 1. The number of carbonyl (C=O) groups excluding carboxylic acids is 3. The number of fused-ring (bicyclic) bond motifs is 1. The first kappa shape index (κ1) is 21.0. The van der Waals surface area contributed by atoms with Crippen molar-refractivity contribution in [1.82, 2.24) is 20.3 Å². The number of hydrogen-bond acceptors (Lipinski definition) is 8. The maximum absolute atomic E-state index is 12.8. The Morgan fingerprint density at radius 1 is 1.18 bits per heavy atom. The second-order valence-corrected chi connectivity index (χ2v) is 6.79. The van der Waals surface area contributed by atoms with Gasteiger partial charge in [0.15, 0.2) is 0 Å². The van der Waals surface area contributed by atoms with Gasteiger partial charge in [-0.3, -0.25) is 9.59 Å². The van der Waals surface area contributed by atoms with Gasteiger partial charge in [-0.15, -0.1) is 5.10 Å². The first-order valence-electron chi connectivity index (χ1n) is 8.76. The molecule has 0 saturated heterocycles. The van der Waals surface area contributed by atoms with E-state index in [1.165, 1.54) is 0 Å². The lowest BCUT2D eigenvalue weighted by atomic mass is 10.0. The number of carbonyl (C=O) groups is 3. The van der Waals surface area contributed by atoms with Gasteiger partial charge in [-0.2, -0.15) is 4.68 Å². The minimum atomic E-state index is -1.63. The monoisotopic (exact) mass is 388 g/mol. The van der Waals surface area contributed by atoms with Crippen LogP contribution in [0.1, 0.15) is 39.2 Å². The van der Waals surface area contributed by atoms with Crippen LogP contribution in [0.15, 0.2) is 29.1 Å². The number of benzene rings is 1. The third-order valence-electron chi connectivity index (χ3n) is 4.12. The zero-order valence-corrected chi connectivity index (χ0v) is 15.5. The second kappa shape index (κ2) is 9.07. The van der Waals surface area contributed by atoms with Crippen molar-refractivity contribution in [3.8, 4) is 0 Å². The number of rotatable bonds is 9. The molecule has 2 rings (SSSR count). The van der Waals surface area contributed by atoms with E-state index in [4.69, 9.17) is 0 Å². The van der Waals surface area contributed by atoms with Crippen molar-refractivity contribution in [1.29, 1.82) is 0 Å². The molecule has 0 fully saturated rings. The molecule has 0 aliphatic rings. The van der Waals surface area contributed by atoms with Gasteiger partial charge in [-0.25, -0.2) is 0 Å². The summed E-state index contributed by atoms with van der Waals surface area (Å²) in [6.45, 7) is 3.65. The van der Waals surface area contributed by atoms with Crippen LogP contribution in [-0.4, -0.2) is 38.9 Å². The van der Waals surface area contributed by atoms with Gasteiger partial charge in [-0.05, 0) is 37.3 Å². The van der Waals surface area contributed by atoms with E-state index in [0.29, 0.717) is 5.52 Å². The molecule has 0 saturated carbocycles. The normalized spacial score (nSPS) is 13.2. The smallest absolute Gasteiger partial charge is 0.278 e. The van der Waals surface area contributed by atoms with Crippen LogP contribution in [0, 0.1) is 5.92 Å². The second-order valence-electron chi connectivity index (χ2n) is 6.79. The topological polar surface area (TPSA) is 157 Å². The van der Waals surface area contributed by atoms with Crippen molar-refractivity contribution < 1.29 is 24.6 Å². The predicted molar refractivity (Wildman–Crippen MR) is 93.5 cm³/mol. The summed E-state index contributed by atoms with van der Waals surface area (Å²) in [5, 5.41) is 32.1. The Kier molecular flexibility index (Phi) is 6.80. The Morgan fingerprint density at radius 3 is 2.46 bits per heavy atom. The number of aliphatic carboxylic acids is 2. The molecule has 1 amide bonds. The minimum Gasteiger partial charge on any atom is -0.550 e. The Balaban J connectivity index is 2.36. The molecule has 0 spiro atoms. The number of nitrogens with one attached hydrogen (secondary N) is 1. The molecule has 1 aromatic carbocycles. The molecule has 0 bridgehead atoms. The third-order valence-corrected chi connectivity index (χ3v) is 4.12. The molecule has 0 radical (unpaired) electrons. The minimum absolute atomic E-state index is 0.0273. The molecule has 0 aliphatic heterocycles. The summed E-state index contributed by atoms with van der Waals surface area (Å²) in [6.07, 6.45) is -0.772. The first-order chi connectivity index (χ1) is 13.2. The molecule has 0 unspecified atom stereocenters. The molecule has 1 N–H and O–H groups in total. The molecule has 28 heavy (non-hydrogen) atoms. The highest BCUT2D eigenvalue weighted by Crippen LogP contribution is 2.17. The molecular formula is C18H20N4O6-2. The van der Waals surface area contributed by atoms with Crippen LogP contribution >= 0.6 is 0 Å². The Labute approximate surface area is 160 Å². The number of hydrogen-bond donors (Lipinski definition) is 1. The molecule has 150 valence electrons. The van der Waals surface area contributed by atoms with Gasteiger partial charge in [0.25, 0.3) is 5.56 Å². The molecule has 10 heteroatoms. The summed E-state index contributed by atoms with van der Waals surface area (Å²) in [5.41, 5.74) is -0.167. The van der Waals surface area contributed by atoms with Gasteiger partial charge < -0.3 is 25.1 Å². The van der Waals surface area contributed by atoms with Crippen molar-refractivity contribution in [2.75, 3.05) is 0 Å². The molecular weight excluding hydrogens is 368 g/mol. The standard InChI is InChI=1S/C18H22N4O6/c1-10(2)9-14(16(25)19-13(18(27)28)7-8-15(23)24)22-17(26)11-5-3-4-6-12(11)20-21-22/h3-6,10,13-14H,7-9H2,1-2H3,(H,19,25)(H,23,24)(H,27,28)/p-2/t13-,14-/m0/s1. The van der Waals surface area contributed by atoms with Crippen molar-refractivity contribution in [2.45, 2.75) is 45.2 Å². The van der Waals surface area contributed by atoms with Crippen molar-refractivity contribution >= 4 is 28.7 Å². The van der Waals surface area contributed by atoms with Crippen molar-refractivity contribution in [2.24, 2.45) is 5.92 Å². The first-order valence-corrected chi connectivity index (χ1v) is 8.76. The molecule has 1 heterocycles. The number of aromatic nitrogens is 3. The van der Waals surface area contributed by atoms with Crippen LogP contribution in [0.4, 0.5) is 0 Å². The average molecular weight is 388 g/mol. The van der Waals surface area contributed by atoms with Gasteiger partial charge in [0.1, 0.15) is 11.6 Å². The summed E-state index contributed by atoms with van der Waals surface area (Å²) >= 11 is 0. The maximum Gasteiger partial charge on any atom is 0.278 e. The van der Waals surface area contributed by atoms with Crippen LogP contribution in [0.5, 0.6) is 0 Å². The Hall–Kier alpha value is -3.30. The van der Waals surface area contributed by atoms with E-state index in [2.05, 4.69) is 15.6 Å². The zero-order valence-electron chi connectivity index (χ0n) is 15.5. The zero-order chi connectivity index (χ0) is 20.8. The lowest BCUT2D eigenvalue weighted by Crippen LogP contribution is -2.51. The number of carboxylic acid groups (broad SMARTS) is 2. The van der Waals surface area contributed by atoms with Crippen molar-refractivity contribution in [3.63, 3.8) is 0 Å². The van der Waals surface area contributed by atoms with Gasteiger partial charge in [0.05, 0.1) is 17.4 Å². The van der Waals surface area contributed by atoms with Crippen LogP contribution in [0.25, 0.3) is 10.9 Å². The summed E-state index contributed by atoms with van der Waals surface area (Å²) in [6, 6.07) is 3.85. The van der Waals surface area contributed by atoms with Crippen molar-refractivity contribution in [3.05, 3.63) is 34.6 Å². The summed E-state index contributed by atoms with van der Waals surface area (Å²) in [7, 11) is 0. The van der Waals surface area contributed by atoms with E-state index in [-0.39, 0.29) is 17.7 Å². The SMILES string of the molecule is CC(C)C[C@@H](C(=O)N[C@@H](CCC(=O)[O-])C(=O)[O-])n1nnc2ccccc2c1=O. The molecule has 10 nitrogen and oxygen atoms in total. The van der Waals surface area contributed by atoms with Crippen LogP contribution in [0.3, 0.4) is 0 Å². The summed E-state index contributed by atoms with van der Waals surface area (Å²) < 4.78 is 0.919. The van der Waals surface area contributed by atoms with E-state index >= 15 is 0 Å². The van der Waals surface area contributed by atoms with E-state index in [1.807, 2.05) is 13.8 Å². The Morgan fingerprint density at radius 2 is 1.86 bits per heavy atom. The fraction of sp³-hybridized carbons (Fsp3) is 0.444. The maximum atomic E-state index is 12.8. The Bertz CT molecular complexity index is 939. The summed E-state index contributed by atoms with van der Waals surface area (Å²) in [4.78, 5) is 47.3. The third kappa shape index (κ3) is 5.12. The lowest BCUT2D eigenvalue weighted by molar-refractivity contribution is -0.310. The molecule has 2 aromatic rings. The van der Waals surface area contributed by atoms with Crippen LogP contribution in [-0.2, 0) is 14.4 Å². The molecule has 0 aliphatic carbocycles. The van der Waals surface area contributed by atoms with E-state index < -0.39 is 48.3 Å². The van der Waals surface area contributed by atoms with E-state index in [0.717, 1.165) is 4.68 Å². The fourth-order valence-electron chi connectivity index (χ4n) is 2.75. The molecule has 1 aromatic heterocycles. The number of carboxylic acids is 2. The van der Waals surface area contributed by atoms with Gasteiger partial charge in [0.2, 0.25) is 5.91 Å². The predicted octanol–water partition coefficient (Wildman–Crippen LogP) is -1.86. The van der Waals surface area contributed by atoms with Crippen LogP contribution in [0.2, 0.25) is 0 Å². The lowest BCUT2D eigenvalue weighted by Gasteiger charge is -2.25. The van der Waals surface area contributed by atoms with Crippen LogP contribution < -0.4 is 21.1 Å². The van der Waals surface area contributed by atoms with Gasteiger partial charge in [-0.1, -0.05) is 31.2 Å². The number of nitrogens with zero attached hydrogens (tertiary/aromatic N) is 3. The fourth-order valence-corrected chi connectivity index (χ4v) is 2.75. The van der Waals surface area contributed by atoms with Gasteiger partial charge in [0, 0.05) is 5.97 Å². The highest BCUT2D eigenvalue weighted by Gasteiger charge is 2.27. The molecule has 2 atom stereocenters. The summed E-state index contributed by atoms with van der Waals surface area (Å²) in [5.74, 6) is -3.89. The highest BCUT2D eigenvalue weighted by molar-refractivity contribution is 5.86. The van der Waals surface area contributed by atoms with E-state index in [9.17, 15) is 29.4 Å². The van der Waals surface area contributed by atoms with E-state index in [1.54, 1.807) is 24.3 Å². The quantitative estimate of drug-likeness (QED) is 0.524. The highest BCUT2D eigenvalue weighted by atomic mass is 16.4. The largest absolute Gasteiger partial charge is 0.550 e.